The van der Waals surface area contributed by atoms with Crippen molar-refractivity contribution >= 4 is 28.4 Å². The van der Waals surface area contributed by atoms with Gasteiger partial charge in [-0.25, -0.2) is 9.78 Å². The summed E-state index contributed by atoms with van der Waals surface area (Å²) in [4.78, 5) is 32.6. The Morgan fingerprint density at radius 3 is 2.82 bits per heavy atom. The first-order valence-corrected chi connectivity index (χ1v) is 10.4. The summed E-state index contributed by atoms with van der Waals surface area (Å²) in [5.41, 5.74) is 3.10. The Balaban J connectivity index is 1.35. The number of thiazole rings is 1. The van der Waals surface area contributed by atoms with Gasteiger partial charge in [0.2, 0.25) is 5.91 Å². The molecule has 7 nitrogen and oxygen atoms in total. The van der Waals surface area contributed by atoms with Crippen LogP contribution in [0.15, 0.2) is 23.6 Å². The number of benzene rings is 1. The molecule has 0 atom stereocenters. The number of ether oxygens (including phenoxy) is 1. The number of nitrogens with zero attached hydrogens (tertiary/aromatic N) is 3. The van der Waals surface area contributed by atoms with Crippen LogP contribution < -0.4 is 10.1 Å². The first-order valence-electron chi connectivity index (χ1n) is 9.50. The first-order chi connectivity index (χ1) is 13.5. The van der Waals surface area contributed by atoms with E-state index in [1.54, 1.807) is 23.9 Å². The minimum Gasteiger partial charge on any atom is -0.493 e. The van der Waals surface area contributed by atoms with Gasteiger partial charge in [-0.2, -0.15) is 0 Å². The number of amides is 3. The Morgan fingerprint density at radius 2 is 2.07 bits per heavy atom. The zero-order valence-electron chi connectivity index (χ0n) is 16.1. The number of aromatic nitrogens is 1. The summed E-state index contributed by atoms with van der Waals surface area (Å²) >= 11 is 1.43. The van der Waals surface area contributed by atoms with E-state index in [-0.39, 0.29) is 17.9 Å². The third-order valence-electron chi connectivity index (χ3n) is 5.24. The lowest BCUT2D eigenvalue weighted by molar-refractivity contribution is -0.121. The molecule has 1 fully saturated rings. The van der Waals surface area contributed by atoms with Crippen LogP contribution in [0.25, 0.3) is 11.3 Å². The SMILES string of the molecule is CN(C)C(=O)N1CCC(C(=O)Nc2nc(-c3ccc4c(c3)CCO4)cs2)CC1. The molecule has 0 radical (unpaired) electrons. The Hall–Kier alpha value is -2.61. The fraction of sp³-hybridized carbons (Fsp3) is 0.450. The predicted octanol–water partition coefficient (Wildman–Crippen LogP) is 3.08. The van der Waals surface area contributed by atoms with Crippen LogP contribution >= 0.6 is 11.3 Å². The standard InChI is InChI=1S/C20H24N4O3S/c1-23(2)20(26)24-8-5-13(6-9-24)18(25)22-19-21-16(12-28-19)14-3-4-17-15(11-14)7-10-27-17/h3-4,11-13H,5-10H2,1-2H3,(H,21,22,25). The van der Waals surface area contributed by atoms with Gasteiger partial charge in [0.15, 0.2) is 5.13 Å². The van der Waals surface area contributed by atoms with Gasteiger partial charge in [-0.05, 0) is 36.6 Å². The second-order valence-corrected chi connectivity index (χ2v) is 8.24. The summed E-state index contributed by atoms with van der Waals surface area (Å²) in [5, 5.41) is 5.53. The van der Waals surface area contributed by atoms with Gasteiger partial charge in [0.05, 0.1) is 12.3 Å². The smallest absolute Gasteiger partial charge is 0.319 e. The molecule has 148 valence electrons. The molecule has 0 bridgehead atoms. The maximum Gasteiger partial charge on any atom is 0.319 e. The Labute approximate surface area is 168 Å². The van der Waals surface area contributed by atoms with Gasteiger partial charge >= 0.3 is 6.03 Å². The molecule has 2 aliphatic heterocycles. The topological polar surface area (TPSA) is 74.8 Å². The normalized spacial score (nSPS) is 16.4. The molecule has 1 aromatic carbocycles. The third-order valence-corrected chi connectivity index (χ3v) is 6.00. The van der Waals surface area contributed by atoms with Gasteiger partial charge in [0, 0.05) is 50.5 Å². The Morgan fingerprint density at radius 1 is 1.29 bits per heavy atom. The van der Waals surface area contributed by atoms with Crippen molar-refractivity contribution < 1.29 is 14.3 Å². The quantitative estimate of drug-likeness (QED) is 0.859. The maximum absolute atomic E-state index is 12.6. The van der Waals surface area contributed by atoms with Crippen molar-refractivity contribution in [2.24, 2.45) is 5.92 Å². The summed E-state index contributed by atoms with van der Waals surface area (Å²) < 4.78 is 5.55. The number of hydrogen-bond acceptors (Lipinski definition) is 5. The van der Waals surface area contributed by atoms with Gasteiger partial charge in [-0.15, -0.1) is 11.3 Å². The molecular weight excluding hydrogens is 376 g/mol. The van der Waals surface area contributed by atoms with Gasteiger partial charge in [-0.3, -0.25) is 4.79 Å². The van der Waals surface area contributed by atoms with E-state index in [9.17, 15) is 9.59 Å². The number of nitrogens with one attached hydrogen (secondary N) is 1. The molecule has 2 aromatic rings. The number of hydrogen-bond donors (Lipinski definition) is 1. The monoisotopic (exact) mass is 400 g/mol. The zero-order chi connectivity index (χ0) is 19.7. The van der Waals surface area contributed by atoms with Crippen molar-refractivity contribution in [3.05, 3.63) is 29.1 Å². The highest BCUT2D eigenvalue weighted by atomic mass is 32.1. The average Bonchev–Trinajstić information content (AvgIpc) is 3.36. The van der Waals surface area contributed by atoms with Crippen LogP contribution in [0.4, 0.5) is 9.93 Å². The van der Waals surface area contributed by atoms with Crippen LogP contribution in [-0.4, -0.2) is 60.5 Å². The van der Waals surface area contributed by atoms with E-state index >= 15 is 0 Å². The lowest BCUT2D eigenvalue weighted by Crippen LogP contribution is -2.45. The second kappa shape index (κ2) is 7.79. The largest absolute Gasteiger partial charge is 0.493 e. The zero-order valence-corrected chi connectivity index (χ0v) is 16.9. The minimum absolute atomic E-state index is 0.00294. The van der Waals surface area contributed by atoms with E-state index in [0.717, 1.165) is 30.0 Å². The number of urea groups is 1. The number of carbonyl (C=O) groups excluding carboxylic acids is 2. The van der Waals surface area contributed by atoms with E-state index in [4.69, 9.17) is 4.74 Å². The summed E-state index contributed by atoms with van der Waals surface area (Å²) in [6, 6.07) is 6.10. The highest BCUT2D eigenvalue weighted by Crippen LogP contribution is 2.32. The Kier molecular flexibility index (Phi) is 5.21. The molecule has 0 saturated carbocycles. The number of carbonyl (C=O) groups is 2. The molecular formula is C20H24N4O3S. The van der Waals surface area contributed by atoms with Crippen LogP contribution in [0.1, 0.15) is 18.4 Å². The molecule has 1 saturated heterocycles. The summed E-state index contributed by atoms with van der Waals surface area (Å²) in [6.45, 7) is 1.95. The molecule has 0 spiro atoms. The summed E-state index contributed by atoms with van der Waals surface area (Å²) in [7, 11) is 3.49. The highest BCUT2D eigenvalue weighted by Gasteiger charge is 2.28. The first kappa shape index (κ1) is 18.7. The van der Waals surface area contributed by atoms with Crippen molar-refractivity contribution in [1.29, 1.82) is 0 Å². The molecule has 1 N–H and O–H groups in total. The van der Waals surface area contributed by atoms with E-state index in [1.807, 2.05) is 17.5 Å². The highest BCUT2D eigenvalue weighted by molar-refractivity contribution is 7.14. The van der Waals surface area contributed by atoms with Crippen LogP contribution in [0.3, 0.4) is 0 Å². The molecule has 2 aliphatic rings. The predicted molar refractivity (Wildman–Crippen MR) is 109 cm³/mol. The van der Waals surface area contributed by atoms with Crippen LogP contribution in [0, 0.1) is 5.92 Å². The second-order valence-electron chi connectivity index (χ2n) is 7.39. The molecule has 3 amide bonds. The van der Waals surface area contributed by atoms with Gasteiger partial charge in [0.25, 0.3) is 0 Å². The van der Waals surface area contributed by atoms with E-state index < -0.39 is 0 Å². The third kappa shape index (κ3) is 3.82. The molecule has 0 unspecified atom stereocenters. The van der Waals surface area contributed by atoms with Crippen molar-refractivity contribution in [3.63, 3.8) is 0 Å². The van der Waals surface area contributed by atoms with E-state index in [2.05, 4.69) is 16.4 Å². The van der Waals surface area contributed by atoms with Crippen molar-refractivity contribution in [1.82, 2.24) is 14.8 Å². The van der Waals surface area contributed by atoms with E-state index in [0.29, 0.717) is 31.1 Å². The number of fused-ring (bicyclic) bond motifs is 1. The van der Waals surface area contributed by atoms with E-state index in [1.165, 1.54) is 16.9 Å². The van der Waals surface area contributed by atoms with Crippen LogP contribution in [0.2, 0.25) is 0 Å². The molecule has 4 rings (SSSR count). The fourth-order valence-corrected chi connectivity index (χ4v) is 4.36. The fourth-order valence-electron chi connectivity index (χ4n) is 3.63. The number of likely N-dealkylation sites (tertiary alicyclic amines) is 1. The number of piperidine rings is 1. The maximum atomic E-state index is 12.6. The lowest BCUT2D eigenvalue weighted by atomic mass is 9.96. The molecule has 8 heteroatoms. The van der Waals surface area contributed by atoms with Gasteiger partial charge < -0.3 is 19.9 Å². The van der Waals surface area contributed by atoms with Crippen molar-refractivity contribution in [3.8, 4) is 17.0 Å². The minimum atomic E-state index is -0.0873. The average molecular weight is 401 g/mol. The number of rotatable bonds is 3. The molecule has 1 aromatic heterocycles. The van der Waals surface area contributed by atoms with Crippen molar-refractivity contribution in [2.75, 3.05) is 39.1 Å². The lowest BCUT2D eigenvalue weighted by Gasteiger charge is -2.32. The molecule has 3 heterocycles. The van der Waals surface area contributed by atoms with Crippen LogP contribution in [0.5, 0.6) is 5.75 Å². The van der Waals surface area contributed by atoms with Gasteiger partial charge in [0.1, 0.15) is 5.75 Å². The Bertz CT molecular complexity index is 887. The van der Waals surface area contributed by atoms with Gasteiger partial charge in [-0.1, -0.05) is 0 Å². The van der Waals surface area contributed by atoms with Crippen LogP contribution in [-0.2, 0) is 11.2 Å². The van der Waals surface area contributed by atoms with Crippen molar-refractivity contribution in [2.45, 2.75) is 19.3 Å². The summed E-state index contributed by atoms with van der Waals surface area (Å²) in [5.74, 6) is 0.850. The summed E-state index contributed by atoms with van der Waals surface area (Å²) in [6.07, 6.45) is 2.27. The number of anilines is 1. The molecule has 28 heavy (non-hydrogen) atoms. The molecule has 0 aliphatic carbocycles.